The Kier molecular flexibility index (Phi) is 7.15. The standard InChI is InChI=1S/C54H38N2/c1-53(2)45-27-14-13-26-42(45)49-48(53)32-30-43-50(35-17-6-3-7-18-35)55-52(56-51(43)49)38-20-16-19-36(33-38)37-29-31-47-44(34-37)41-25-12-15-28-46(41)54(47,39-21-8-4-9-22-39)40-23-10-5-11-24-40/h3-34H,1-2H3. The Hall–Kier alpha value is -6.90. The highest BCUT2D eigenvalue weighted by Crippen LogP contribution is 2.57. The van der Waals surface area contributed by atoms with Crippen LogP contribution in [-0.4, -0.2) is 9.97 Å². The Morgan fingerprint density at radius 3 is 1.66 bits per heavy atom. The minimum absolute atomic E-state index is 0.122. The molecule has 9 aromatic rings. The molecule has 0 fully saturated rings. The molecule has 264 valence electrons. The Labute approximate surface area is 327 Å². The van der Waals surface area contributed by atoms with Crippen molar-refractivity contribution in [3.05, 3.63) is 228 Å². The van der Waals surface area contributed by atoms with E-state index in [4.69, 9.17) is 9.97 Å². The van der Waals surface area contributed by atoms with Crippen LogP contribution in [0.2, 0.25) is 0 Å². The van der Waals surface area contributed by atoms with Crippen molar-refractivity contribution >= 4 is 10.9 Å². The van der Waals surface area contributed by atoms with Crippen LogP contribution in [0, 0.1) is 0 Å². The molecule has 2 nitrogen and oxygen atoms in total. The zero-order chi connectivity index (χ0) is 37.4. The predicted molar refractivity (Wildman–Crippen MR) is 231 cm³/mol. The lowest BCUT2D eigenvalue weighted by Gasteiger charge is -2.33. The van der Waals surface area contributed by atoms with E-state index in [1.165, 1.54) is 55.6 Å². The Morgan fingerprint density at radius 2 is 0.929 bits per heavy atom. The zero-order valence-corrected chi connectivity index (χ0v) is 31.4. The lowest BCUT2D eigenvalue weighted by molar-refractivity contribution is 0.661. The normalized spacial score (nSPS) is 14.2. The van der Waals surface area contributed by atoms with E-state index in [2.05, 4.69) is 208 Å². The molecule has 0 radical (unpaired) electrons. The summed E-state index contributed by atoms with van der Waals surface area (Å²) in [6.45, 7) is 4.65. The summed E-state index contributed by atoms with van der Waals surface area (Å²) in [5, 5.41) is 1.07. The van der Waals surface area contributed by atoms with E-state index in [0.717, 1.165) is 44.7 Å². The SMILES string of the molecule is CC1(C)c2ccccc2-c2c1ccc1c(-c3ccccc3)nc(-c3cccc(-c4ccc5c(c4)-c4ccccc4C5(c4ccccc4)c4ccccc4)c3)nc21. The number of aromatic nitrogens is 2. The second kappa shape index (κ2) is 12.3. The third-order valence-corrected chi connectivity index (χ3v) is 12.4. The van der Waals surface area contributed by atoms with Crippen molar-refractivity contribution in [2.24, 2.45) is 0 Å². The van der Waals surface area contributed by atoms with E-state index in [0.29, 0.717) is 0 Å². The highest BCUT2D eigenvalue weighted by atomic mass is 14.9. The average Bonchev–Trinajstić information content (AvgIpc) is 3.70. The number of fused-ring (bicyclic) bond motifs is 8. The summed E-state index contributed by atoms with van der Waals surface area (Å²) in [5.41, 5.74) is 18.6. The largest absolute Gasteiger partial charge is 0.227 e. The van der Waals surface area contributed by atoms with Crippen LogP contribution in [0.1, 0.15) is 47.2 Å². The topological polar surface area (TPSA) is 25.8 Å². The van der Waals surface area contributed by atoms with Gasteiger partial charge in [-0.3, -0.25) is 0 Å². The van der Waals surface area contributed by atoms with Gasteiger partial charge in [-0.25, -0.2) is 9.97 Å². The van der Waals surface area contributed by atoms with Gasteiger partial charge in [-0.1, -0.05) is 196 Å². The van der Waals surface area contributed by atoms with Gasteiger partial charge in [0, 0.05) is 27.5 Å². The van der Waals surface area contributed by atoms with Gasteiger partial charge in [0.05, 0.1) is 16.6 Å². The minimum atomic E-state index is -0.422. The Bertz CT molecular complexity index is 2940. The van der Waals surface area contributed by atoms with E-state index in [-0.39, 0.29) is 5.41 Å². The number of hydrogen-bond acceptors (Lipinski definition) is 2. The molecule has 8 aromatic carbocycles. The van der Waals surface area contributed by atoms with Crippen molar-refractivity contribution < 1.29 is 0 Å². The van der Waals surface area contributed by atoms with Crippen LogP contribution in [-0.2, 0) is 10.8 Å². The third-order valence-electron chi connectivity index (χ3n) is 12.4. The molecular formula is C54H38N2. The highest BCUT2D eigenvalue weighted by Gasteiger charge is 2.46. The van der Waals surface area contributed by atoms with Crippen LogP contribution in [0.15, 0.2) is 194 Å². The first-order valence-corrected chi connectivity index (χ1v) is 19.5. The molecule has 0 saturated heterocycles. The quantitative estimate of drug-likeness (QED) is 0.177. The summed E-state index contributed by atoms with van der Waals surface area (Å²) in [6.07, 6.45) is 0. The molecule has 0 saturated carbocycles. The smallest absolute Gasteiger partial charge is 0.160 e. The van der Waals surface area contributed by atoms with Crippen molar-refractivity contribution in [2.75, 3.05) is 0 Å². The summed E-state index contributed by atoms with van der Waals surface area (Å²) < 4.78 is 0. The summed E-state index contributed by atoms with van der Waals surface area (Å²) in [4.78, 5) is 10.8. The maximum absolute atomic E-state index is 5.47. The third kappa shape index (κ3) is 4.63. The molecule has 0 amide bonds. The first-order chi connectivity index (χ1) is 27.5. The van der Waals surface area contributed by atoms with E-state index in [1.807, 2.05) is 0 Å². The van der Waals surface area contributed by atoms with Crippen LogP contribution in [0.4, 0.5) is 0 Å². The lowest BCUT2D eigenvalue weighted by atomic mass is 9.67. The van der Waals surface area contributed by atoms with E-state index < -0.39 is 5.41 Å². The molecule has 11 rings (SSSR count). The van der Waals surface area contributed by atoms with E-state index in [9.17, 15) is 0 Å². The highest BCUT2D eigenvalue weighted by molar-refractivity contribution is 6.05. The Morgan fingerprint density at radius 1 is 0.375 bits per heavy atom. The monoisotopic (exact) mass is 714 g/mol. The first-order valence-electron chi connectivity index (χ1n) is 19.5. The van der Waals surface area contributed by atoms with Gasteiger partial charge >= 0.3 is 0 Å². The zero-order valence-electron chi connectivity index (χ0n) is 31.4. The summed E-state index contributed by atoms with van der Waals surface area (Å²) in [5.74, 6) is 0.729. The van der Waals surface area contributed by atoms with Gasteiger partial charge in [0.1, 0.15) is 0 Å². The van der Waals surface area contributed by atoms with Gasteiger partial charge in [-0.15, -0.1) is 0 Å². The predicted octanol–water partition coefficient (Wildman–Crippen LogP) is 13.3. The average molecular weight is 715 g/mol. The van der Waals surface area contributed by atoms with Crippen molar-refractivity contribution in [3.8, 4) is 56.0 Å². The molecule has 1 heterocycles. The van der Waals surface area contributed by atoms with Crippen molar-refractivity contribution in [1.29, 1.82) is 0 Å². The second-order valence-corrected chi connectivity index (χ2v) is 15.7. The fourth-order valence-corrected chi connectivity index (χ4v) is 9.79. The molecule has 0 N–H and O–H groups in total. The van der Waals surface area contributed by atoms with Crippen molar-refractivity contribution in [2.45, 2.75) is 24.7 Å². The molecule has 2 aliphatic carbocycles. The van der Waals surface area contributed by atoms with Crippen LogP contribution < -0.4 is 0 Å². The second-order valence-electron chi connectivity index (χ2n) is 15.7. The maximum atomic E-state index is 5.47. The van der Waals surface area contributed by atoms with Gasteiger partial charge in [0.25, 0.3) is 0 Å². The van der Waals surface area contributed by atoms with Crippen LogP contribution in [0.25, 0.3) is 66.9 Å². The molecule has 0 bridgehead atoms. The fourth-order valence-electron chi connectivity index (χ4n) is 9.79. The molecule has 2 heteroatoms. The molecular weight excluding hydrogens is 677 g/mol. The van der Waals surface area contributed by atoms with Gasteiger partial charge in [-0.2, -0.15) is 0 Å². The molecule has 0 atom stereocenters. The fraction of sp³-hybridized carbons (Fsp3) is 0.0741. The summed E-state index contributed by atoms with van der Waals surface area (Å²) in [6, 6.07) is 70.6. The van der Waals surface area contributed by atoms with E-state index in [1.54, 1.807) is 0 Å². The van der Waals surface area contributed by atoms with E-state index >= 15 is 0 Å². The van der Waals surface area contributed by atoms with Gasteiger partial charge in [-0.05, 0) is 73.3 Å². The van der Waals surface area contributed by atoms with Crippen LogP contribution in [0.5, 0.6) is 0 Å². The summed E-state index contributed by atoms with van der Waals surface area (Å²) >= 11 is 0. The number of benzene rings is 8. The molecule has 2 aliphatic rings. The molecule has 1 aromatic heterocycles. The van der Waals surface area contributed by atoms with Gasteiger partial charge < -0.3 is 0 Å². The molecule has 0 aliphatic heterocycles. The van der Waals surface area contributed by atoms with Crippen molar-refractivity contribution in [3.63, 3.8) is 0 Å². The van der Waals surface area contributed by atoms with Gasteiger partial charge in [0.2, 0.25) is 0 Å². The maximum Gasteiger partial charge on any atom is 0.160 e. The first kappa shape index (κ1) is 32.5. The number of rotatable bonds is 5. The van der Waals surface area contributed by atoms with Crippen LogP contribution in [0.3, 0.4) is 0 Å². The molecule has 56 heavy (non-hydrogen) atoms. The molecule has 0 spiro atoms. The van der Waals surface area contributed by atoms with Gasteiger partial charge in [0.15, 0.2) is 5.82 Å². The lowest BCUT2D eigenvalue weighted by Crippen LogP contribution is -2.28. The molecule has 0 unspecified atom stereocenters. The van der Waals surface area contributed by atoms with Crippen LogP contribution >= 0.6 is 0 Å². The number of nitrogens with zero attached hydrogens (tertiary/aromatic N) is 2. The minimum Gasteiger partial charge on any atom is -0.227 e. The number of hydrogen-bond donors (Lipinski definition) is 0. The van der Waals surface area contributed by atoms with Crippen molar-refractivity contribution in [1.82, 2.24) is 9.97 Å². The summed E-state index contributed by atoms with van der Waals surface area (Å²) in [7, 11) is 0. The Balaban J connectivity index is 1.10.